The average Bonchev–Trinajstić information content (AvgIpc) is 2.60. The van der Waals surface area contributed by atoms with Gasteiger partial charge < -0.3 is 10.0 Å². The molecule has 1 N–H and O–H groups in total. The maximum Gasteiger partial charge on any atom is 0.0757 e. The number of likely N-dealkylation sites (N-methyl/N-ethyl adjacent to an activating group) is 1. The molecule has 27 heavy (non-hydrogen) atoms. The van der Waals surface area contributed by atoms with Gasteiger partial charge in [0, 0.05) is 12.3 Å². The van der Waals surface area contributed by atoms with Crippen LogP contribution in [-0.2, 0) is 0 Å². The van der Waals surface area contributed by atoms with Crippen LogP contribution in [0.1, 0.15) is 110 Å². The number of aliphatic hydroxyl groups is 1. The molecule has 0 spiro atoms. The molecule has 0 aromatic rings. The fraction of sp³-hybridized carbons (Fsp3) is 1.00. The summed E-state index contributed by atoms with van der Waals surface area (Å²) in [5.74, 6) is 2.10. The van der Waals surface area contributed by atoms with Crippen LogP contribution in [0.2, 0.25) is 0 Å². The highest BCUT2D eigenvalue weighted by Gasteiger charge is 2.04. The van der Waals surface area contributed by atoms with E-state index in [1.165, 1.54) is 108 Å². The van der Waals surface area contributed by atoms with E-state index in [0.717, 1.165) is 12.3 Å². The summed E-state index contributed by atoms with van der Waals surface area (Å²) >= 11 is 1.91. The third-order valence-electron chi connectivity index (χ3n) is 5.03. The Morgan fingerprint density at radius 3 is 1.41 bits per heavy atom. The van der Waals surface area contributed by atoms with Crippen molar-refractivity contribution in [2.24, 2.45) is 0 Å². The van der Waals surface area contributed by atoms with Crippen LogP contribution in [0.3, 0.4) is 0 Å². The molecule has 1 unspecified atom stereocenters. The van der Waals surface area contributed by atoms with Crippen LogP contribution < -0.4 is 0 Å². The monoisotopic (exact) mass is 423 g/mol. The van der Waals surface area contributed by atoms with Gasteiger partial charge in [-0.2, -0.15) is 11.8 Å². The number of hydrogen-bond donors (Lipinski definition) is 1. The quantitative estimate of drug-likeness (QED) is 0.195. The Bertz CT molecular complexity index is 267. The Labute approximate surface area is 182 Å². The van der Waals surface area contributed by atoms with Crippen LogP contribution in [0, 0.1) is 0 Å². The topological polar surface area (TPSA) is 23.5 Å². The molecule has 0 saturated carbocycles. The molecule has 4 heteroatoms. The SMILES string of the molecule is CCCCCCCCCCCCCCCCCCSCC(O)CN(C)C.Cl. The van der Waals surface area contributed by atoms with Gasteiger partial charge in [0.2, 0.25) is 0 Å². The summed E-state index contributed by atoms with van der Waals surface area (Å²) < 4.78 is 0. The lowest BCUT2D eigenvalue weighted by atomic mass is 10.0. The molecule has 2 nitrogen and oxygen atoms in total. The van der Waals surface area contributed by atoms with Gasteiger partial charge in [0.15, 0.2) is 0 Å². The first kappa shape index (κ1) is 29.8. The number of unbranched alkanes of at least 4 members (excludes halogenated alkanes) is 15. The van der Waals surface area contributed by atoms with Gasteiger partial charge in [-0.1, -0.05) is 103 Å². The third kappa shape index (κ3) is 26.6. The first-order chi connectivity index (χ1) is 12.7. The molecule has 0 bridgehead atoms. The van der Waals surface area contributed by atoms with E-state index in [0.29, 0.717) is 0 Å². The molecule has 0 fully saturated rings. The smallest absolute Gasteiger partial charge is 0.0757 e. The van der Waals surface area contributed by atoms with Gasteiger partial charge >= 0.3 is 0 Å². The second-order valence-electron chi connectivity index (χ2n) is 8.29. The molecular weight excluding hydrogens is 374 g/mol. The number of hydrogen-bond acceptors (Lipinski definition) is 3. The second-order valence-corrected chi connectivity index (χ2v) is 9.44. The first-order valence-electron chi connectivity index (χ1n) is 11.6. The van der Waals surface area contributed by atoms with E-state index < -0.39 is 0 Å². The minimum atomic E-state index is -0.170. The van der Waals surface area contributed by atoms with Crippen LogP contribution in [0.5, 0.6) is 0 Å². The predicted octanol–water partition coefficient (Wildman–Crippen LogP) is 7.33. The van der Waals surface area contributed by atoms with Gasteiger partial charge in [0.25, 0.3) is 0 Å². The molecule has 0 aromatic heterocycles. The Morgan fingerprint density at radius 1 is 0.667 bits per heavy atom. The molecule has 0 aliphatic heterocycles. The lowest BCUT2D eigenvalue weighted by Gasteiger charge is -2.15. The van der Waals surface area contributed by atoms with Crippen LogP contribution in [0.25, 0.3) is 0 Å². The first-order valence-corrected chi connectivity index (χ1v) is 12.7. The molecule has 0 aromatic carbocycles. The van der Waals surface area contributed by atoms with Crippen LogP contribution >= 0.6 is 24.2 Å². The van der Waals surface area contributed by atoms with E-state index in [4.69, 9.17) is 0 Å². The summed E-state index contributed by atoms with van der Waals surface area (Å²) in [4.78, 5) is 2.06. The van der Waals surface area contributed by atoms with Crippen molar-refractivity contribution >= 4 is 24.2 Å². The van der Waals surface area contributed by atoms with Gasteiger partial charge in [-0.15, -0.1) is 12.4 Å². The van der Waals surface area contributed by atoms with E-state index in [-0.39, 0.29) is 18.5 Å². The van der Waals surface area contributed by atoms with Crippen molar-refractivity contribution in [3.63, 3.8) is 0 Å². The van der Waals surface area contributed by atoms with E-state index in [2.05, 4.69) is 11.8 Å². The summed E-state index contributed by atoms with van der Waals surface area (Å²) in [6.07, 6.45) is 22.7. The number of thioether (sulfide) groups is 1. The lowest BCUT2D eigenvalue weighted by Crippen LogP contribution is -2.27. The molecule has 0 heterocycles. The maximum atomic E-state index is 9.79. The normalized spacial score (nSPS) is 12.3. The number of nitrogens with zero attached hydrogens (tertiary/aromatic N) is 1. The zero-order chi connectivity index (χ0) is 19.3. The summed E-state index contributed by atoms with van der Waals surface area (Å²) in [6, 6.07) is 0. The molecule has 0 radical (unpaired) electrons. The van der Waals surface area contributed by atoms with E-state index in [9.17, 15) is 5.11 Å². The van der Waals surface area contributed by atoms with Crippen molar-refractivity contribution < 1.29 is 5.11 Å². The maximum absolute atomic E-state index is 9.79. The van der Waals surface area contributed by atoms with Gasteiger partial charge in [0.05, 0.1) is 6.10 Å². The fourth-order valence-corrected chi connectivity index (χ4v) is 4.40. The molecule has 0 rings (SSSR count). The molecule has 1 atom stereocenters. The minimum absolute atomic E-state index is 0. The second kappa shape index (κ2) is 24.6. The number of aliphatic hydroxyl groups excluding tert-OH is 1. The third-order valence-corrected chi connectivity index (χ3v) is 6.23. The standard InChI is InChI=1S/C23H49NOS.ClH/c1-4-5-6-7-8-9-10-11-12-13-14-15-16-17-18-19-20-26-22-23(25)21-24(2)3;/h23,25H,4-22H2,1-3H3;1H. The lowest BCUT2D eigenvalue weighted by molar-refractivity contribution is 0.158. The van der Waals surface area contributed by atoms with Gasteiger partial charge in [-0.05, 0) is 26.3 Å². The van der Waals surface area contributed by atoms with Crippen LogP contribution in [0.15, 0.2) is 0 Å². The number of rotatable bonds is 21. The zero-order valence-electron chi connectivity index (χ0n) is 18.7. The van der Waals surface area contributed by atoms with E-state index >= 15 is 0 Å². The molecule has 166 valence electrons. The molecule has 0 aliphatic carbocycles. The predicted molar refractivity (Wildman–Crippen MR) is 129 cm³/mol. The van der Waals surface area contributed by atoms with Crippen molar-refractivity contribution in [3.8, 4) is 0 Å². The van der Waals surface area contributed by atoms with E-state index in [1.807, 2.05) is 25.9 Å². The Balaban J connectivity index is 0. The summed E-state index contributed by atoms with van der Waals surface area (Å²) in [6.45, 7) is 3.08. The van der Waals surface area contributed by atoms with Crippen molar-refractivity contribution in [3.05, 3.63) is 0 Å². The van der Waals surface area contributed by atoms with Gasteiger partial charge in [-0.3, -0.25) is 0 Å². The van der Waals surface area contributed by atoms with Crippen molar-refractivity contribution in [1.29, 1.82) is 0 Å². The summed E-state index contributed by atoms with van der Waals surface area (Å²) in [7, 11) is 4.03. The minimum Gasteiger partial charge on any atom is -0.391 e. The van der Waals surface area contributed by atoms with Gasteiger partial charge in [-0.25, -0.2) is 0 Å². The summed E-state index contributed by atoms with van der Waals surface area (Å²) in [5.41, 5.74) is 0. The van der Waals surface area contributed by atoms with Crippen molar-refractivity contribution in [2.75, 3.05) is 32.1 Å². The molecule has 0 saturated heterocycles. The molecule has 0 amide bonds. The van der Waals surface area contributed by atoms with Gasteiger partial charge in [0.1, 0.15) is 0 Å². The van der Waals surface area contributed by atoms with Crippen LogP contribution in [-0.4, -0.2) is 48.3 Å². The largest absolute Gasteiger partial charge is 0.391 e. The Hall–Kier alpha value is 0.560. The fourth-order valence-electron chi connectivity index (χ4n) is 3.45. The van der Waals surface area contributed by atoms with E-state index in [1.54, 1.807) is 0 Å². The highest BCUT2D eigenvalue weighted by atomic mass is 35.5. The average molecular weight is 424 g/mol. The molecule has 0 aliphatic rings. The molecular formula is C23H50ClNOS. The van der Waals surface area contributed by atoms with Crippen molar-refractivity contribution in [2.45, 2.75) is 116 Å². The highest BCUT2D eigenvalue weighted by molar-refractivity contribution is 7.99. The zero-order valence-corrected chi connectivity index (χ0v) is 20.4. The van der Waals surface area contributed by atoms with Crippen molar-refractivity contribution in [1.82, 2.24) is 4.90 Å². The Kier molecular flexibility index (Phi) is 27.1. The highest BCUT2D eigenvalue weighted by Crippen LogP contribution is 2.14. The summed E-state index contributed by atoms with van der Waals surface area (Å²) in [5, 5.41) is 9.79. The Morgan fingerprint density at radius 2 is 1.04 bits per heavy atom. The number of halogens is 1. The van der Waals surface area contributed by atoms with Crippen LogP contribution in [0.4, 0.5) is 0 Å².